The Balaban J connectivity index is 2.04. The van der Waals surface area contributed by atoms with E-state index in [9.17, 15) is 4.79 Å². The number of carbonyl (C=O) groups is 1. The van der Waals surface area contributed by atoms with Crippen molar-refractivity contribution < 1.29 is 14.3 Å². The van der Waals surface area contributed by atoms with Gasteiger partial charge in [-0.25, -0.2) is 0 Å². The van der Waals surface area contributed by atoms with Crippen LogP contribution in [0.1, 0.15) is 0 Å². The molecule has 20 heavy (non-hydrogen) atoms. The molecule has 0 saturated carbocycles. The molecule has 0 bridgehead atoms. The number of hydrogen-bond donors (Lipinski definition) is 1. The molecule has 1 saturated heterocycles. The summed E-state index contributed by atoms with van der Waals surface area (Å²) in [6.07, 6.45) is 0. The second kappa shape index (κ2) is 6.48. The van der Waals surface area contributed by atoms with Crippen molar-refractivity contribution in [2.75, 3.05) is 13.2 Å². The van der Waals surface area contributed by atoms with Crippen LogP contribution in [0.5, 0.6) is 0 Å². The van der Waals surface area contributed by atoms with Crippen molar-refractivity contribution in [1.82, 2.24) is 5.32 Å². The number of benzene rings is 1. The van der Waals surface area contributed by atoms with Crippen LogP contribution in [0.15, 0.2) is 29.2 Å². The van der Waals surface area contributed by atoms with Gasteiger partial charge >= 0.3 is 5.91 Å². The highest BCUT2D eigenvalue weighted by atomic mass is 35.6. The lowest BCUT2D eigenvalue weighted by Crippen LogP contribution is -2.57. The summed E-state index contributed by atoms with van der Waals surface area (Å²) in [5.41, 5.74) is 0. The average Bonchev–Trinajstić information content (AvgIpc) is 2.81. The molecule has 1 fully saturated rings. The standard InChI is InChI=1S/C11H9Cl4NO3S/c12-7-1-3-8(4-2-7)20-9(17)16-11(10(13,14)15)18-5-6-19-11/h1-4H,5-6H2,(H,16,17). The normalized spacial score (nSPS) is 18.0. The van der Waals surface area contributed by atoms with E-state index in [1.165, 1.54) is 0 Å². The quantitative estimate of drug-likeness (QED) is 0.620. The highest BCUT2D eigenvalue weighted by Gasteiger charge is 2.55. The molecule has 110 valence electrons. The van der Waals surface area contributed by atoms with E-state index in [0.717, 1.165) is 11.8 Å². The Morgan fingerprint density at radius 1 is 1.20 bits per heavy atom. The van der Waals surface area contributed by atoms with Gasteiger partial charge in [0.1, 0.15) is 0 Å². The van der Waals surface area contributed by atoms with Gasteiger partial charge in [-0.2, -0.15) is 0 Å². The number of ether oxygens (including phenoxy) is 2. The number of amides is 1. The predicted octanol–water partition coefficient (Wildman–Crippen LogP) is 4.21. The largest absolute Gasteiger partial charge is 0.327 e. The fraction of sp³-hybridized carbons (Fsp3) is 0.364. The lowest BCUT2D eigenvalue weighted by atomic mass is 10.4. The van der Waals surface area contributed by atoms with Crippen LogP contribution < -0.4 is 5.32 Å². The topological polar surface area (TPSA) is 47.6 Å². The molecule has 9 heteroatoms. The molecular formula is C11H9Cl4NO3S. The van der Waals surface area contributed by atoms with E-state index >= 15 is 0 Å². The molecule has 1 N–H and O–H groups in total. The zero-order valence-electron chi connectivity index (χ0n) is 9.87. The summed E-state index contributed by atoms with van der Waals surface area (Å²) < 4.78 is 8.55. The number of alkyl halides is 3. The summed E-state index contributed by atoms with van der Waals surface area (Å²) in [6.45, 7) is 0.444. The molecule has 1 aromatic rings. The molecule has 0 spiro atoms. The Hall–Kier alpha value is 0.120. The number of carbonyl (C=O) groups excluding carboxylic acids is 1. The van der Waals surface area contributed by atoms with Gasteiger partial charge in [0.05, 0.1) is 13.2 Å². The summed E-state index contributed by atoms with van der Waals surface area (Å²) in [4.78, 5) is 12.7. The molecule has 0 radical (unpaired) electrons. The van der Waals surface area contributed by atoms with E-state index in [0.29, 0.717) is 9.92 Å². The van der Waals surface area contributed by atoms with Crippen LogP contribution in [0.2, 0.25) is 5.02 Å². The summed E-state index contributed by atoms with van der Waals surface area (Å²) in [5, 5.41) is 2.55. The molecule has 0 atom stereocenters. The SMILES string of the molecule is O=C(NC1(C(Cl)(Cl)Cl)OCCO1)Sc1ccc(Cl)cc1. The highest BCUT2D eigenvalue weighted by Crippen LogP contribution is 2.42. The fourth-order valence-corrected chi connectivity index (χ4v) is 2.76. The van der Waals surface area contributed by atoms with Crippen LogP contribution in [-0.2, 0) is 9.47 Å². The smallest absolute Gasteiger partial charge is 0.302 e. The van der Waals surface area contributed by atoms with Gasteiger partial charge in [0.15, 0.2) is 0 Å². The predicted molar refractivity (Wildman–Crippen MR) is 80.8 cm³/mol. The van der Waals surface area contributed by atoms with Gasteiger partial charge in [-0.05, 0) is 36.0 Å². The van der Waals surface area contributed by atoms with Crippen molar-refractivity contribution in [3.63, 3.8) is 0 Å². The van der Waals surface area contributed by atoms with Gasteiger partial charge in [0, 0.05) is 9.92 Å². The monoisotopic (exact) mass is 375 g/mol. The molecular weight excluding hydrogens is 368 g/mol. The van der Waals surface area contributed by atoms with E-state index in [4.69, 9.17) is 55.9 Å². The second-order valence-corrected chi connectivity index (χ2v) is 7.54. The first-order valence-corrected chi connectivity index (χ1v) is 7.75. The Morgan fingerprint density at radius 3 is 2.25 bits per heavy atom. The number of nitrogens with one attached hydrogen (secondary N) is 1. The van der Waals surface area contributed by atoms with E-state index < -0.39 is 14.9 Å². The first-order chi connectivity index (χ1) is 9.32. The molecule has 1 aliphatic heterocycles. The molecule has 0 aromatic heterocycles. The average molecular weight is 377 g/mol. The molecule has 1 aromatic carbocycles. The van der Waals surface area contributed by atoms with E-state index in [2.05, 4.69) is 5.32 Å². The third-order valence-corrected chi connectivity index (χ3v) is 4.15. The highest BCUT2D eigenvalue weighted by molar-refractivity contribution is 8.13. The summed E-state index contributed by atoms with van der Waals surface area (Å²) in [5.74, 6) is -1.77. The maximum atomic E-state index is 12.0. The van der Waals surface area contributed by atoms with Crippen LogP contribution in [0, 0.1) is 0 Å². The number of rotatable bonds is 2. The van der Waals surface area contributed by atoms with Crippen molar-refractivity contribution in [1.29, 1.82) is 0 Å². The van der Waals surface area contributed by atoms with Crippen molar-refractivity contribution in [2.45, 2.75) is 14.6 Å². The summed E-state index contributed by atoms with van der Waals surface area (Å²) >= 11 is 24.1. The van der Waals surface area contributed by atoms with Crippen LogP contribution >= 0.6 is 58.2 Å². The minimum atomic E-state index is -1.94. The van der Waals surface area contributed by atoms with Gasteiger partial charge in [-0.3, -0.25) is 10.1 Å². The van der Waals surface area contributed by atoms with Crippen LogP contribution in [0.3, 0.4) is 0 Å². The van der Waals surface area contributed by atoms with Crippen molar-refractivity contribution in [3.8, 4) is 0 Å². The fourth-order valence-electron chi connectivity index (χ4n) is 1.49. The van der Waals surface area contributed by atoms with Crippen molar-refractivity contribution >= 4 is 63.4 Å². The Kier molecular flexibility index (Phi) is 5.34. The second-order valence-electron chi connectivity index (χ2n) is 3.78. The maximum Gasteiger partial charge on any atom is 0.302 e. The maximum absolute atomic E-state index is 12.0. The number of hydrogen-bond acceptors (Lipinski definition) is 4. The van der Waals surface area contributed by atoms with Crippen LogP contribution in [0.25, 0.3) is 0 Å². The lowest BCUT2D eigenvalue weighted by Gasteiger charge is -2.33. The minimum absolute atomic E-state index is 0.222. The Labute approximate surface area is 140 Å². The third-order valence-electron chi connectivity index (χ3n) is 2.36. The molecule has 1 amide bonds. The van der Waals surface area contributed by atoms with Gasteiger partial charge in [0.2, 0.25) is 0 Å². The van der Waals surface area contributed by atoms with Crippen molar-refractivity contribution in [2.24, 2.45) is 0 Å². The van der Waals surface area contributed by atoms with Crippen LogP contribution in [-0.4, -0.2) is 28.2 Å². The Morgan fingerprint density at radius 2 is 1.75 bits per heavy atom. The van der Waals surface area contributed by atoms with E-state index in [-0.39, 0.29) is 13.2 Å². The van der Waals surface area contributed by atoms with Gasteiger partial charge < -0.3 is 9.47 Å². The molecule has 1 aliphatic rings. The molecule has 1 heterocycles. The zero-order valence-corrected chi connectivity index (χ0v) is 13.7. The lowest BCUT2D eigenvalue weighted by molar-refractivity contribution is -0.166. The molecule has 0 aliphatic carbocycles. The van der Waals surface area contributed by atoms with Gasteiger partial charge in [-0.15, -0.1) is 0 Å². The first-order valence-electron chi connectivity index (χ1n) is 5.43. The Bertz CT molecular complexity index is 485. The first kappa shape index (κ1) is 16.5. The van der Waals surface area contributed by atoms with Gasteiger partial charge in [-0.1, -0.05) is 46.4 Å². The summed E-state index contributed by atoms with van der Waals surface area (Å²) in [6, 6.07) is 6.74. The summed E-state index contributed by atoms with van der Waals surface area (Å²) in [7, 11) is 0. The van der Waals surface area contributed by atoms with Crippen LogP contribution in [0.4, 0.5) is 4.79 Å². The minimum Gasteiger partial charge on any atom is -0.327 e. The molecule has 0 unspecified atom stereocenters. The zero-order chi connectivity index (χ0) is 14.8. The van der Waals surface area contributed by atoms with Crippen molar-refractivity contribution in [3.05, 3.63) is 29.3 Å². The third kappa shape index (κ3) is 3.85. The van der Waals surface area contributed by atoms with E-state index in [1.807, 2.05) is 0 Å². The van der Waals surface area contributed by atoms with Gasteiger partial charge in [0.25, 0.3) is 9.03 Å². The van der Waals surface area contributed by atoms with E-state index in [1.54, 1.807) is 24.3 Å². The number of thioether (sulfide) groups is 1. The number of halogens is 4. The molecule has 4 nitrogen and oxygen atoms in total. The molecule has 2 rings (SSSR count).